The van der Waals surface area contributed by atoms with Crippen LogP contribution in [0.5, 0.6) is 0 Å². The maximum absolute atomic E-state index is 13.4. The lowest BCUT2D eigenvalue weighted by Gasteiger charge is -2.29. The van der Waals surface area contributed by atoms with Crippen LogP contribution in [0.4, 0.5) is 10.1 Å². The summed E-state index contributed by atoms with van der Waals surface area (Å²) in [4.78, 5) is 27.5. The molecule has 29 heavy (non-hydrogen) atoms. The third kappa shape index (κ3) is 5.09. The molecule has 0 spiro atoms. The molecule has 1 aromatic heterocycles. The maximum Gasteiger partial charge on any atom is 0.303 e. The van der Waals surface area contributed by atoms with Gasteiger partial charge in [-0.1, -0.05) is 36.4 Å². The predicted molar refractivity (Wildman–Crippen MR) is 113 cm³/mol. The number of rotatable bonds is 7. The van der Waals surface area contributed by atoms with Gasteiger partial charge in [-0.15, -0.1) is 17.8 Å². The number of halogens is 1. The molecule has 1 N–H and O–H groups in total. The lowest BCUT2D eigenvalue weighted by Crippen LogP contribution is -2.43. The minimum atomic E-state index is -0.945. The monoisotopic (exact) mass is 406 g/mol. The van der Waals surface area contributed by atoms with Crippen LogP contribution in [0.15, 0.2) is 72.1 Å². The van der Waals surface area contributed by atoms with Crippen molar-refractivity contribution >= 4 is 28.8 Å². The van der Waals surface area contributed by atoms with Crippen LogP contribution in [0.25, 0.3) is 0 Å². The van der Waals surface area contributed by atoms with Gasteiger partial charge < -0.3 is 5.32 Å². The molecule has 2 aromatic carbocycles. The average molecular weight is 406 g/mol. The topological polar surface area (TPSA) is 49.4 Å². The number of hydrogen-bond acceptors (Lipinski definition) is 3. The second-order valence-corrected chi connectivity index (χ2v) is 7.22. The number of thiophene rings is 1. The third-order valence-electron chi connectivity index (χ3n) is 4.32. The summed E-state index contributed by atoms with van der Waals surface area (Å²) >= 11 is 1.35. The fourth-order valence-electron chi connectivity index (χ4n) is 2.95. The van der Waals surface area contributed by atoms with E-state index in [0.717, 1.165) is 5.56 Å². The van der Waals surface area contributed by atoms with Crippen LogP contribution in [0.2, 0.25) is 0 Å². The summed E-state index contributed by atoms with van der Waals surface area (Å²) in [6.07, 6.45) is 6.02. The van der Waals surface area contributed by atoms with Gasteiger partial charge >= 0.3 is 5.91 Å². The number of carbonyl (C=O) groups excluding carboxylic acids is 2. The summed E-state index contributed by atoms with van der Waals surface area (Å²) in [5.74, 6) is 0.609. The quantitative estimate of drug-likeness (QED) is 0.604. The first kappa shape index (κ1) is 20.3. The Morgan fingerprint density at radius 3 is 2.41 bits per heavy atom. The number of nitrogens with one attached hydrogen (secondary N) is 1. The molecule has 0 radical (unpaired) electrons. The molecule has 1 unspecified atom stereocenters. The number of nitrogens with zero attached hydrogens (tertiary/aromatic N) is 1. The van der Waals surface area contributed by atoms with Crippen molar-refractivity contribution in [3.05, 3.63) is 88.4 Å². The Bertz CT molecular complexity index is 996. The molecular weight excluding hydrogens is 387 g/mol. The van der Waals surface area contributed by atoms with Gasteiger partial charge in [0.25, 0.3) is 0 Å². The number of amides is 2. The van der Waals surface area contributed by atoms with Crippen LogP contribution in [-0.4, -0.2) is 18.4 Å². The van der Waals surface area contributed by atoms with Crippen molar-refractivity contribution in [2.75, 3.05) is 11.4 Å². The largest absolute Gasteiger partial charge is 0.354 e. The van der Waals surface area contributed by atoms with Gasteiger partial charge in [-0.2, -0.15) is 0 Å². The zero-order valence-electron chi connectivity index (χ0n) is 15.5. The standard InChI is InChI=1S/C23H19FN2O2S/c1-2-21(27)26(19-12-10-18(24)11-13-19)22(20-9-6-16-29-20)23(28)25-15-14-17-7-4-3-5-8-17/h1,3-13,16,22H,14-15H2,(H,25,28). The van der Waals surface area contributed by atoms with Gasteiger partial charge in [0, 0.05) is 17.1 Å². The van der Waals surface area contributed by atoms with E-state index in [1.54, 1.807) is 12.1 Å². The Morgan fingerprint density at radius 2 is 1.79 bits per heavy atom. The molecule has 146 valence electrons. The van der Waals surface area contributed by atoms with Gasteiger partial charge in [0.15, 0.2) is 6.04 Å². The number of hydrogen-bond donors (Lipinski definition) is 1. The molecule has 1 heterocycles. The number of benzene rings is 2. The first-order valence-corrected chi connectivity index (χ1v) is 9.88. The van der Waals surface area contributed by atoms with Gasteiger partial charge in [0.05, 0.1) is 0 Å². The Hall–Kier alpha value is -3.43. The van der Waals surface area contributed by atoms with Crippen LogP contribution < -0.4 is 10.2 Å². The number of anilines is 1. The van der Waals surface area contributed by atoms with Crippen LogP contribution in [-0.2, 0) is 16.0 Å². The van der Waals surface area contributed by atoms with Crippen molar-refractivity contribution in [1.82, 2.24) is 5.32 Å². The molecule has 1 atom stereocenters. The van der Waals surface area contributed by atoms with Crippen LogP contribution >= 0.6 is 11.3 Å². The highest BCUT2D eigenvalue weighted by Gasteiger charge is 2.32. The minimum Gasteiger partial charge on any atom is -0.354 e. The first-order valence-electron chi connectivity index (χ1n) is 9.00. The Kier molecular flexibility index (Phi) is 6.77. The van der Waals surface area contributed by atoms with Gasteiger partial charge in [-0.25, -0.2) is 4.39 Å². The van der Waals surface area contributed by atoms with E-state index in [0.29, 0.717) is 23.5 Å². The summed E-state index contributed by atoms with van der Waals surface area (Å²) < 4.78 is 13.4. The fourth-order valence-corrected chi connectivity index (χ4v) is 3.76. The zero-order valence-corrected chi connectivity index (χ0v) is 16.4. The van der Waals surface area contributed by atoms with Crippen LogP contribution in [0, 0.1) is 18.2 Å². The number of terminal acetylenes is 1. The second-order valence-electron chi connectivity index (χ2n) is 6.24. The third-order valence-corrected chi connectivity index (χ3v) is 5.25. The highest BCUT2D eigenvalue weighted by molar-refractivity contribution is 7.10. The van der Waals surface area contributed by atoms with Crippen molar-refractivity contribution in [3.8, 4) is 12.3 Å². The predicted octanol–water partition coefficient (Wildman–Crippen LogP) is 3.95. The summed E-state index contributed by atoms with van der Waals surface area (Å²) in [6.45, 7) is 0.409. The smallest absolute Gasteiger partial charge is 0.303 e. The van der Waals surface area contributed by atoms with E-state index < -0.39 is 17.8 Å². The van der Waals surface area contributed by atoms with Gasteiger partial charge in [0.1, 0.15) is 5.82 Å². The SMILES string of the molecule is C#CC(=O)N(c1ccc(F)cc1)C(C(=O)NCCc1ccccc1)c1cccs1. The maximum atomic E-state index is 13.4. The van der Waals surface area contributed by atoms with E-state index in [-0.39, 0.29) is 5.91 Å². The van der Waals surface area contributed by atoms with Gasteiger partial charge in [0.2, 0.25) is 5.91 Å². The Morgan fingerprint density at radius 1 is 1.07 bits per heavy atom. The zero-order chi connectivity index (χ0) is 20.6. The molecule has 0 aliphatic rings. The van der Waals surface area contributed by atoms with E-state index in [1.165, 1.54) is 40.5 Å². The van der Waals surface area contributed by atoms with Crippen molar-refractivity contribution < 1.29 is 14.0 Å². The van der Waals surface area contributed by atoms with Crippen molar-refractivity contribution in [2.24, 2.45) is 0 Å². The molecule has 0 aliphatic heterocycles. The molecule has 0 fully saturated rings. The lowest BCUT2D eigenvalue weighted by molar-refractivity contribution is -0.125. The fraction of sp³-hybridized carbons (Fsp3) is 0.130. The number of carbonyl (C=O) groups is 2. The van der Waals surface area contributed by atoms with Gasteiger partial charge in [-0.3, -0.25) is 14.5 Å². The Balaban J connectivity index is 1.86. The second kappa shape index (κ2) is 9.67. The molecule has 4 nitrogen and oxygen atoms in total. The molecular formula is C23H19FN2O2S. The highest BCUT2D eigenvalue weighted by atomic mass is 32.1. The Labute approximate surface area is 173 Å². The van der Waals surface area contributed by atoms with E-state index >= 15 is 0 Å². The van der Waals surface area contributed by atoms with E-state index in [9.17, 15) is 14.0 Å². The van der Waals surface area contributed by atoms with Crippen molar-refractivity contribution in [1.29, 1.82) is 0 Å². The van der Waals surface area contributed by atoms with Crippen molar-refractivity contribution in [2.45, 2.75) is 12.5 Å². The van der Waals surface area contributed by atoms with E-state index in [1.807, 2.05) is 35.7 Å². The average Bonchev–Trinajstić information content (AvgIpc) is 3.27. The molecule has 0 aliphatic carbocycles. The lowest BCUT2D eigenvalue weighted by atomic mass is 10.1. The van der Waals surface area contributed by atoms with Crippen molar-refractivity contribution in [3.63, 3.8) is 0 Å². The molecule has 2 amide bonds. The molecule has 0 saturated heterocycles. The normalized spacial score (nSPS) is 11.3. The summed E-state index contributed by atoms with van der Waals surface area (Å²) in [5, 5.41) is 4.71. The van der Waals surface area contributed by atoms with E-state index in [2.05, 4.69) is 11.2 Å². The minimum absolute atomic E-state index is 0.351. The van der Waals surface area contributed by atoms with Crippen LogP contribution in [0.1, 0.15) is 16.5 Å². The summed E-state index contributed by atoms with van der Waals surface area (Å²) in [6, 6.07) is 17.7. The molecule has 3 aromatic rings. The van der Waals surface area contributed by atoms with E-state index in [4.69, 9.17) is 6.42 Å². The molecule has 0 bridgehead atoms. The summed E-state index contributed by atoms with van der Waals surface area (Å²) in [5.41, 5.74) is 1.45. The van der Waals surface area contributed by atoms with Crippen LogP contribution in [0.3, 0.4) is 0 Å². The highest BCUT2D eigenvalue weighted by Crippen LogP contribution is 2.30. The summed E-state index contributed by atoms with van der Waals surface area (Å²) in [7, 11) is 0. The van der Waals surface area contributed by atoms with Gasteiger partial charge in [-0.05, 0) is 53.6 Å². The molecule has 3 rings (SSSR count). The molecule has 6 heteroatoms. The first-order chi connectivity index (χ1) is 14.1. The molecule has 0 saturated carbocycles.